The predicted octanol–water partition coefficient (Wildman–Crippen LogP) is 1.39. The Labute approximate surface area is 133 Å². The highest BCUT2D eigenvalue weighted by Crippen LogP contribution is 2.11. The van der Waals surface area contributed by atoms with Gasteiger partial charge in [-0.1, -0.05) is 22.0 Å². The fourth-order valence-electron chi connectivity index (χ4n) is 2.32. The van der Waals surface area contributed by atoms with E-state index in [0.717, 1.165) is 30.4 Å². The van der Waals surface area contributed by atoms with Crippen LogP contribution in [0.2, 0.25) is 0 Å². The molecule has 0 aromatic heterocycles. The number of halogens is 1. The Morgan fingerprint density at radius 1 is 1.33 bits per heavy atom. The minimum Gasteiger partial charge on any atom is -0.352 e. The molecule has 0 unspecified atom stereocenters. The molecule has 1 heterocycles. The van der Waals surface area contributed by atoms with Crippen molar-refractivity contribution in [3.05, 3.63) is 34.3 Å². The van der Waals surface area contributed by atoms with Crippen LogP contribution in [0.5, 0.6) is 0 Å². The summed E-state index contributed by atoms with van der Waals surface area (Å²) in [7, 11) is 2.08. The van der Waals surface area contributed by atoms with Gasteiger partial charge in [-0.05, 0) is 51.2 Å². The Morgan fingerprint density at radius 3 is 2.71 bits per heavy atom. The molecule has 0 atom stereocenters. The summed E-state index contributed by atoms with van der Waals surface area (Å²) in [5, 5.41) is 5.61. The molecule has 2 rings (SSSR count). The molecule has 1 saturated heterocycles. The highest BCUT2D eigenvalue weighted by Gasteiger charge is 2.18. The third-order valence-corrected chi connectivity index (χ3v) is 4.07. The zero-order valence-corrected chi connectivity index (χ0v) is 13.6. The Morgan fingerprint density at radius 2 is 2.05 bits per heavy atom. The average molecular weight is 354 g/mol. The van der Waals surface area contributed by atoms with Gasteiger partial charge in [0.15, 0.2) is 0 Å². The number of carbonyl (C=O) groups excluding carboxylic acids is 2. The van der Waals surface area contributed by atoms with Crippen LogP contribution in [0.1, 0.15) is 23.2 Å². The van der Waals surface area contributed by atoms with Crippen molar-refractivity contribution in [3.63, 3.8) is 0 Å². The van der Waals surface area contributed by atoms with Crippen molar-refractivity contribution in [1.29, 1.82) is 0 Å². The van der Waals surface area contributed by atoms with E-state index in [-0.39, 0.29) is 24.4 Å². The molecule has 0 spiro atoms. The lowest BCUT2D eigenvalue weighted by Crippen LogP contribution is -2.46. The molecule has 6 heteroatoms. The van der Waals surface area contributed by atoms with E-state index >= 15 is 0 Å². The number of piperidine rings is 1. The van der Waals surface area contributed by atoms with Gasteiger partial charge in [0, 0.05) is 16.1 Å². The van der Waals surface area contributed by atoms with Crippen LogP contribution in [0.3, 0.4) is 0 Å². The van der Waals surface area contributed by atoms with Crippen molar-refractivity contribution >= 4 is 27.7 Å². The fourth-order valence-corrected chi connectivity index (χ4v) is 2.72. The molecule has 0 saturated carbocycles. The van der Waals surface area contributed by atoms with Crippen LogP contribution in [0.15, 0.2) is 28.7 Å². The molecule has 0 bridgehead atoms. The zero-order valence-electron chi connectivity index (χ0n) is 12.1. The first-order valence-corrected chi connectivity index (χ1v) is 7.85. The molecular weight excluding hydrogens is 334 g/mol. The second-order valence-electron chi connectivity index (χ2n) is 5.34. The fraction of sp³-hybridized carbons (Fsp3) is 0.467. The molecule has 5 nitrogen and oxygen atoms in total. The molecular formula is C15H20BrN3O2. The van der Waals surface area contributed by atoms with Gasteiger partial charge in [-0.15, -0.1) is 0 Å². The van der Waals surface area contributed by atoms with Crippen molar-refractivity contribution in [2.75, 3.05) is 26.7 Å². The normalized spacial score (nSPS) is 16.5. The number of nitrogens with one attached hydrogen (secondary N) is 2. The molecule has 114 valence electrons. The van der Waals surface area contributed by atoms with Gasteiger partial charge in [0.2, 0.25) is 5.91 Å². The highest BCUT2D eigenvalue weighted by molar-refractivity contribution is 9.10. The topological polar surface area (TPSA) is 61.4 Å². The van der Waals surface area contributed by atoms with Crippen molar-refractivity contribution in [3.8, 4) is 0 Å². The number of hydrogen-bond acceptors (Lipinski definition) is 3. The van der Waals surface area contributed by atoms with Gasteiger partial charge in [-0.2, -0.15) is 0 Å². The standard InChI is InChI=1S/C15H20BrN3O2/c1-19-7-5-13(6-8-19)18-14(20)10-17-15(21)11-3-2-4-12(16)9-11/h2-4,9,13H,5-8,10H2,1H3,(H,17,21)(H,18,20). The van der Waals surface area contributed by atoms with E-state index in [2.05, 4.69) is 38.5 Å². The third kappa shape index (κ3) is 5.13. The van der Waals surface area contributed by atoms with Crippen molar-refractivity contribution < 1.29 is 9.59 Å². The Kier molecular flexibility index (Phi) is 5.76. The highest BCUT2D eigenvalue weighted by atomic mass is 79.9. The van der Waals surface area contributed by atoms with Crippen molar-refractivity contribution in [2.45, 2.75) is 18.9 Å². The Hall–Kier alpha value is -1.40. The summed E-state index contributed by atoms with van der Waals surface area (Å²) in [5.41, 5.74) is 0.538. The van der Waals surface area contributed by atoms with Crippen LogP contribution in [0.4, 0.5) is 0 Å². The first kappa shape index (κ1) is 16.0. The molecule has 2 N–H and O–H groups in total. The first-order chi connectivity index (χ1) is 10.0. The van der Waals surface area contributed by atoms with Crippen molar-refractivity contribution in [1.82, 2.24) is 15.5 Å². The number of amides is 2. The summed E-state index contributed by atoms with van der Waals surface area (Å²) in [4.78, 5) is 26.0. The number of carbonyl (C=O) groups is 2. The maximum absolute atomic E-state index is 11.9. The van der Waals surface area contributed by atoms with E-state index in [9.17, 15) is 9.59 Å². The smallest absolute Gasteiger partial charge is 0.251 e. The summed E-state index contributed by atoms with van der Waals surface area (Å²) in [6, 6.07) is 7.30. The Bertz CT molecular complexity index is 513. The summed E-state index contributed by atoms with van der Waals surface area (Å²) < 4.78 is 0.839. The molecule has 0 aliphatic carbocycles. The second kappa shape index (κ2) is 7.56. The van der Waals surface area contributed by atoms with Gasteiger partial charge in [0.25, 0.3) is 5.91 Å². The monoisotopic (exact) mass is 353 g/mol. The molecule has 1 aliphatic heterocycles. The van der Waals surface area contributed by atoms with E-state index in [4.69, 9.17) is 0 Å². The summed E-state index contributed by atoms with van der Waals surface area (Å²) in [5.74, 6) is -0.372. The molecule has 0 radical (unpaired) electrons. The van der Waals surface area contributed by atoms with Crippen LogP contribution >= 0.6 is 15.9 Å². The maximum atomic E-state index is 11.9. The average Bonchev–Trinajstić information content (AvgIpc) is 2.47. The summed E-state index contributed by atoms with van der Waals surface area (Å²) in [6.45, 7) is 2.00. The van der Waals surface area contributed by atoms with Gasteiger partial charge < -0.3 is 15.5 Å². The van der Waals surface area contributed by atoms with Gasteiger partial charge in [0.1, 0.15) is 0 Å². The van der Waals surface area contributed by atoms with Gasteiger partial charge in [-0.3, -0.25) is 9.59 Å². The minimum atomic E-state index is -0.241. The molecule has 1 aromatic carbocycles. The van der Waals surface area contributed by atoms with Crippen LogP contribution in [0.25, 0.3) is 0 Å². The number of benzene rings is 1. The van der Waals surface area contributed by atoms with E-state index in [0.29, 0.717) is 5.56 Å². The predicted molar refractivity (Wildman–Crippen MR) is 85.1 cm³/mol. The van der Waals surface area contributed by atoms with Gasteiger partial charge in [-0.25, -0.2) is 0 Å². The van der Waals surface area contributed by atoms with Crippen LogP contribution in [-0.2, 0) is 4.79 Å². The zero-order chi connectivity index (χ0) is 15.2. The van der Waals surface area contributed by atoms with E-state index in [1.807, 2.05) is 6.07 Å². The lowest BCUT2D eigenvalue weighted by atomic mass is 10.1. The largest absolute Gasteiger partial charge is 0.352 e. The lowest BCUT2D eigenvalue weighted by molar-refractivity contribution is -0.121. The van der Waals surface area contributed by atoms with Crippen LogP contribution in [0, 0.1) is 0 Å². The Balaban J connectivity index is 1.75. The third-order valence-electron chi connectivity index (χ3n) is 3.58. The number of rotatable bonds is 4. The summed E-state index contributed by atoms with van der Waals surface area (Å²) >= 11 is 3.32. The van der Waals surface area contributed by atoms with Gasteiger partial charge in [0.05, 0.1) is 6.54 Å². The molecule has 21 heavy (non-hydrogen) atoms. The second-order valence-corrected chi connectivity index (χ2v) is 6.25. The molecule has 1 fully saturated rings. The number of likely N-dealkylation sites (tertiary alicyclic amines) is 1. The number of hydrogen-bond donors (Lipinski definition) is 2. The van der Waals surface area contributed by atoms with Crippen LogP contribution < -0.4 is 10.6 Å². The molecule has 1 aliphatic rings. The van der Waals surface area contributed by atoms with Crippen molar-refractivity contribution in [2.24, 2.45) is 0 Å². The van der Waals surface area contributed by atoms with Gasteiger partial charge >= 0.3 is 0 Å². The molecule has 1 aromatic rings. The first-order valence-electron chi connectivity index (χ1n) is 7.06. The lowest BCUT2D eigenvalue weighted by Gasteiger charge is -2.29. The molecule has 2 amide bonds. The van der Waals surface area contributed by atoms with Crippen LogP contribution in [-0.4, -0.2) is 49.4 Å². The quantitative estimate of drug-likeness (QED) is 0.859. The number of nitrogens with zero attached hydrogens (tertiary/aromatic N) is 1. The SMILES string of the molecule is CN1CCC(NC(=O)CNC(=O)c2cccc(Br)c2)CC1. The maximum Gasteiger partial charge on any atom is 0.251 e. The minimum absolute atomic E-state index is 0.0116. The van der Waals surface area contributed by atoms with E-state index in [1.165, 1.54) is 0 Å². The van der Waals surface area contributed by atoms with E-state index in [1.54, 1.807) is 18.2 Å². The summed E-state index contributed by atoms with van der Waals surface area (Å²) in [6.07, 6.45) is 1.92. The van der Waals surface area contributed by atoms with E-state index < -0.39 is 0 Å².